The van der Waals surface area contributed by atoms with Crippen molar-refractivity contribution >= 4 is 39.2 Å². The Kier molecular flexibility index (Phi) is 5.93. The Morgan fingerprint density at radius 2 is 1.85 bits per heavy atom. The molecule has 0 unspecified atom stereocenters. The summed E-state index contributed by atoms with van der Waals surface area (Å²) >= 11 is 3.46. The third-order valence-corrected chi connectivity index (χ3v) is 5.42. The highest BCUT2D eigenvalue weighted by Gasteiger charge is 2.28. The largest absolute Gasteiger partial charge is 0.326 e. The number of nitrogens with zero attached hydrogens (tertiary/aromatic N) is 1. The second-order valence-corrected chi connectivity index (χ2v) is 7.39. The number of anilines is 2. The third-order valence-electron chi connectivity index (χ3n) is 4.53. The van der Waals surface area contributed by atoms with Crippen molar-refractivity contribution in [2.24, 2.45) is 5.92 Å². The van der Waals surface area contributed by atoms with E-state index in [4.69, 9.17) is 0 Å². The van der Waals surface area contributed by atoms with E-state index in [0.717, 1.165) is 34.3 Å². The van der Waals surface area contributed by atoms with Gasteiger partial charge in [-0.05, 0) is 55.7 Å². The molecule has 1 atom stereocenters. The molecule has 0 bridgehead atoms. The van der Waals surface area contributed by atoms with E-state index in [2.05, 4.69) is 26.6 Å². The Morgan fingerprint density at radius 1 is 1.08 bits per heavy atom. The molecular formula is C20H22BrN3O2. The molecule has 1 aliphatic rings. The minimum atomic E-state index is -0.200. The van der Waals surface area contributed by atoms with Gasteiger partial charge in [0.15, 0.2) is 0 Å². The number of amides is 3. The summed E-state index contributed by atoms with van der Waals surface area (Å²) in [5, 5.41) is 5.86. The van der Waals surface area contributed by atoms with E-state index in [-0.39, 0.29) is 17.9 Å². The van der Waals surface area contributed by atoms with Gasteiger partial charge in [0.05, 0.1) is 5.92 Å². The summed E-state index contributed by atoms with van der Waals surface area (Å²) in [6.07, 6.45) is 1.61. The van der Waals surface area contributed by atoms with Gasteiger partial charge in [-0.2, -0.15) is 0 Å². The summed E-state index contributed by atoms with van der Waals surface area (Å²) in [5.74, 6) is -0.238. The lowest BCUT2D eigenvalue weighted by molar-refractivity contribution is -0.121. The molecule has 3 amide bonds. The summed E-state index contributed by atoms with van der Waals surface area (Å²) in [6, 6.07) is 14.9. The number of likely N-dealkylation sites (tertiary alicyclic amines) is 1. The van der Waals surface area contributed by atoms with Crippen molar-refractivity contribution in [3.8, 4) is 0 Å². The Bertz CT molecular complexity index is 795. The van der Waals surface area contributed by atoms with Crippen molar-refractivity contribution < 1.29 is 9.59 Å². The fourth-order valence-electron chi connectivity index (χ4n) is 3.07. The summed E-state index contributed by atoms with van der Waals surface area (Å²) < 4.78 is 1.01. The van der Waals surface area contributed by atoms with Gasteiger partial charge < -0.3 is 15.5 Å². The molecular weight excluding hydrogens is 394 g/mol. The molecule has 2 N–H and O–H groups in total. The van der Waals surface area contributed by atoms with E-state index in [0.29, 0.717) is 13.1 Å². The second kappa shape index (κ2) is 8.36. The number of carbonyl (C=O) groups is 2. The van der Waals surface area contributed by atoms with Crippen LogP contribution >= 0.6 is 15.9 Å². The van der Waals surface area contributed by atoms with Crippen LogP contribution in [0.1, 0.15) is 18.4 Å². The number of halogens is 1. The van der Waals surface area contributed by atoms with Crippen molar-refractivity contribution in [1.82, 2.24) is 4.90 Å². The van der Waals surface area contributed by atoms with Gasteiger partial charge in [0, 0.05) is 28.9 Å². The van der Waals surface area contributed by atoms with Crippen molar-refractivity contribution in [3.63, 3.8) is 0 Å². The van der Waals surface area contributed by atoms with Crippen LogP contribution in [0.15, 0.2) is 53.0 Å². The fourth-order valence-corrected chi connectivity index (χ4v) is 3.31. The van der Waals surface area contributed by atoms with Gasteiger partial charge in [0.2, 0.25) is 5.91 Å². The number of urea groups is 1. The zero-order chi connectivity index (χ0) is 18.5. The van der Waals surface area contributed by atoms with E-state index in [1.807, 2.05) is 55.5 Å². The van der Waals surface area contributed by atoms with Gasteiger partial charge in [0.25, 0.3) is 0 Å². The third kappa shape index (κ3) is 4.64. The zero-order valence-corrected chi connectivity index (χ0v) is 16.3. The van der Waals surface area contributed by atoms with Crippen LogP contribution in [0.3, 0.4) is 0 Å². The maximum Gasteiger partial charge on any atom is 0.321 e. The summed E-state index contributed by atoms with van der Waals surface area (Å²) in [5.41, 5.74) is 2.60. The quantitative estimate of drug-likeness (QED) is 0.766. The molecule has 0 aliphatic carbocycles. The molecule has 0 radical (unpaired) electrons. The van der Waals surface area contributed by atoms with Crippen LogP contribution < -0.4 is 10.6 Å². The molecule has 1 fully saturated rings. The molecule has 26 heavy (non-hydrogen) atoms. The summed E-state index contributed by atoms with van der Waals surface area (Å²) in [7, 11) is 0. The number of para-hydroxylation sites is 1. The molecule has 136 valence electrons. The number of hydrogen-bond acceptors (Lipinski definition) is 2. The van der Waals surface area contributed by atoms with Crippen LogP contribution in [-0.4, -0.2) is 29.9 Å². The first-order chi connectivity index (χ1) is 12.5. The molecule has 3 rings (SSSR count). The van der Waals surface area contributed by atoms with Crippen LogP contribution in [0.25, 0.3) is 0 Å². The van der Waals surface area contributed by atoms with Crippen molar-refractivity contribution in [2.45, 2.75) is 19.8 Å². The molecule has 1 saturated heterocycles. The number of nitrogens with one attached hydrogen (secondary N) is 2. The minimum Gasteiger partial charge on any atom is -0.326 e. The highest BCUT2D eigenvalue weighted by atomic mass is 79.9. The smallest absolute Gasteiger partial charge is 0.321 e. The lowest BCUT2D eigenvalue weighted by atomic mass is 9.97. The van der Waals surface area contributed by atoms with Crippen LogP contribution in [-0.2, 0) is 4.79 Å². The Morgan fingerprint density at radius 3 is 2.58 bits per heavy atom. The van der Waals surface area contributed by atoms with E-state index in [1.165, 1.54) is 0 Å². The van der Waals surface area contributed by atoms with E-state index >= 15 is 0 Å². The van der Waals surface area contributed by atoms with Crippen molar-refractivity contribution in [3.05, 3.63) is 58.6 Å². The van der Waals surface area contributed by atoms with Gasteiger partial charge >= 0.3 is 6.03 Å². The number of hydrogen-bond donors (Lipinski definition) is 2. The number of rotatable bonds is 3. The number of benzene rings is 2. The fraction of sp³-hybridized carbons (Fsp3) is 0.300. The monoisotopic (exact) mass is 415 g/mol. The first-order valence-corrected chi connectivity index (χ1v) is 9.50. The lowest BCUT2D eigenvalue weighted by Gasteiger charge is -2.32. The number of piperidine rings is 1. The van der Waals surface area contributed by atoms with Crippen molar-refractivity contribution in [1.29, 1.82) is 0 Å². The summed E-state index contributed by atoms with van der Waals surface area (Å²) in [6.45, 7) is 3.08. The van der Waals surface area contributed by atoms with Crippen LogP contribution in [0.4, 0.5) is 16.2 Å². The summed E-state index contributed by atoms with van der Waals surface area (Å²) in [4.78, 5) is 26.8. The number of aryl methyl sites for hydroxylation is 1. The Hall–Kier alpha value is -2.34. The second-order valence-electron chi connectivity index (χ2n) is 6.53. The van der Waals surface area contributed by atoms with Crippen molar-refractivity contribution in [2.75, 3.05) is 23.7 Å². The lowest BCUT2D eigenvalue weighted by Crippen LogP contribution is -2.45. The molecule has 5 nitrogen and oxygen atoms in total. The molecule has 1 aliphatic heterocycles. The molecule has 6 heteroatoms. The predicted octanol–water partition coefficient (Wildman–Crippen LogP) is 4.64. The minimum absolute atomic E-state index is 0.0380. The van der Waals surface area contributed by atoms with Crippen LogP contribution in [0.2, 0.25) is 0 Å². The average Bonchev–Trinajstić information content (AvgIpc) is 2.65. The standard InChI is InChI=1S/C20H22BrN3O2/c1-14-12-17(9-10-18(14)21)22-19(25)15-6-5-11-24(13-15)20(26)23-16-7-3-2-4-8-16/h2-4,7-10,12,15H,5-6,11,13H2,1H3,(H,22,25)(H,23,26)/t15-/m1/s1. The maximum absolute atomic E-state index is 12.6. The van der Waals surface area contributed by atoms with Gasteiger partial charge in [0.1, 0.15) is 0 Å². The normalized spacial score (nSPS) is 16.8. The predicted molar refractivity (Wildman–Crippen MR) is 107 cm³/mol. The van der Waals surface area contributed by atoms with E-state index < -0.39 is 0 Å². The first kappa shape index (κ1) is 18.5. The highest BCUT2D eigenvalue weighted by molar-refractivity contribution is 9.10. The average molecular weight is 416 g/mol. The van der Waals surface area contributed by atoms with E-state index in [9.17, 15) is 9.59 Å². The first-order valence-electron chi connectivity index (χ1n) is 8.71. The van der Waals surface area contributed by atoms with Crippen LogP contribution in [0, 0.1) is 12.8 Å². The highest BCUT2D eigenvalue weighted by Crippen LogP contribution is 2.23. The Labute approximate surface area is 161 Å². The Balaban J connectivity index is 1.59. The molecule has 0 aromatic heterocycles. The van der Waals surface area contributed by atoms with Crippen LogP contribution in [0.5, 0.6) is 0 Å². The number of carbonyl (C=O) groups excluding carboxylic acids is 2. The van der Waals surface area contributed by atoms with Gasteiger partial charge in [-0.25, -0.2) is 4.79 Å². The topological polar surface area (TPSA) is 61.4 Å². The molecule has 2 aromatic rings. The van der Waals surface area contributed by atoms with Gasteiger partial charge in [-0.15, -0.1) is 0 Å². The SMILES string of the molecule is Cc1cc(NC(=O)[C@@H]2CCCN(C(=O)Nc3ccccc3)C2)ccc1Br. The van der Waals surface area contributed by atoms with Gasteiger partial charge in [-0.1, -0.05) is 34.1 Å². The zero-order valence-electron chi connectivity index (χ0n) is 14.7. The molecule has 1 heterocycles. The molecule has 0 saturated carbocycles. The van der Waals surface area contributed by atoms with E-state index in [1.54, 1.807) is 4.90 Å². The molecule has 0 spiro atoms. The van der Waals surface area contributed by atoms with Gasteiger partial charge in [-0.3, -0.25) is 4.79 Å². The molecule has 2 aromatic carbocycles. The maximum atomic E-state index is 12.6.